The minimum absolute atomic E-state index is 0.0124. The molecule has 0 aromatic carbocycles. The lowest BCUT2D eigenvalue weighted by Gasteiger charge is -2.41. The fourth-order valence-corrected chi connectivity index (χ4v) is 5.59. The Bertz CT molecular complexity index is 512. The van der Waals surface area contributed by atoms with E-state index in [1.54, 1.807) is 18.3 Å². The molecule has 0 aromatic rings. The van der Waals surface area contributed by atoms with Crippen molar-refractivity contribution in [1.82, 2.24) is 9.21 Å². The van der Waals surface area contributed by atoms with Crippen molar-refractivity contribution in [2.24, 2.45) is 11.3 Å². The van der Waals surface area contributed by atoms with E-state index in [1.165, 1.54) is 0 Å². The van der Waals surface area contributed by atoms with Crippen molar-refractivity contribution in [1.29, 1.82) is 0 Å². The standard InChI is InChI=1S/C16H30N2O4S/c1-4-5-10-23(20,21)18-8-6-16(7-9-18)13-17(14(2)19)11-15(16)12-22-3/h15H,4-13H2,1-3H3. The van der Waals surface area contributed by atoms with Gasteiger partial charge in [0, 0.05) is 46.1 Å². The largest absolute Gasteiger partial charge is 0.384 e. The highest BCUT2D eigenvalue weighted by Crippen LogP contribution is 2.45. The van der Waals surface area contributed by atoms with Gasteiger partial charge >= 0.3 is 0 Å². The lowest BCUT2D eigenvalue weighted by molar-refractivity contribution is -0.128. The number of unbranched alkanes of at least 4 members (excludes halogenated alkanes) is 1. The molecule has 23 heavy (non-hydrogen) atoms. The van der Waals surface area contributed by atoms with Crippen molar-refractivity contribution in [3.63, 3.8) is 0 Å². The maximum atomic E-state index is 12.4. The Labute approximate surface area is 140 Å². The summed E-state index contributed by atoms with van der Waals surface area (Å²) < 4.78 is 31.7. The smallest absolute Gasteiger partial charge is 0.219 e. The van der Waals surface area contributed by atoms with Gasteiger partial charge in [0.15, 0.2) is 0 Å². The summed E-state index contributed by atoms with van der Waals surface area (Å²) in [5.74, 6) is 0.648. The SMILES string of the molecule is CCCCS(=O)(=O)N1CCC2(CC1)CN(C(C)=O)CC2COC. The van der Waals surface area contributed by atoms with Crippen LogP contribution in [0.2, 0.25) is 0 Å². The molecular formula is C16H30N2O4S. The first-order valence-corrected chi connectivity index (χ1v) is 10.2. The Morgan fingerprint density at radius 1 is 1.30 bits per heavy atom. The van der Waals surface area contributed by atoms with E-state index < -0.39 is 10.0 Å². The summed E-state index contributed by atoms with van der Waals surface area (Å²) in [6, 6.07) is 0. The van der Waals surface area contributed by atoms with Gasteiger partial charge in [-0.1, -0.05) is 13.3 Å². The van der Waals surface area contributed by atoms with Gasteiger partial charge in [-0.25, -0.2) is 12.7 Å². The second-order valence-corrected chi connectivity index (χ2v) is 9.07. The predicted octanol–water partition coefficient (Wildman–Crippen LogP) is 1.32. The Balaban J connectivity index is 2.04. The average Bonchev–Trinajstić information content (AvgIpc) is 2.85. The van der Waals surface area contributed by atoms with E-state index in [1.807, 2.05) is 11.8 Å². The predicted molar refractivity (Wildman–Crippen MR) is 89.6 cm³/mol. The number of sulfonamides is 1. The van der Waals surface area contributed by atoms with Gasteiger partial charge in [0.25, 0.3) is 0 Å². The molecule has 0 radical (unpaired) electrons. The van der Waals surface area contributed by atoms with Crippen LogP contribution >= 0.6 is 0 Å². The molecule has 1 spiro atoms. The third kappa shape index (κ3) is 4.06. The van der Waals surface area contributed by atoms with Gasteiger partial charge < -0.3 is 9.64 Å². The van der Waals surface area contributed by atoms with Crippen LogP contribution in [0.25, 0.3) is 0 Å². The topological polar surface area (TPSA) is 66.9 Å². The molecule has 6 nitrogen and oxygen atoms in total. The van der Waals surface area contributed by atoms with Crippen molar-refractivity contribution in [3.05, 3.63) is 0 Å². The normalized spacial score (nSPS) is 25.2. The van der Waals surface area contributed by atoms with Gasteiger partial charge in [-0.15, -0.1) is 0 Å². The Hall–Kier alpha value is -0.660. The maximum Gasteiger partial charge on any atom is 0.219 e. The molecule has 2 rings (SSSR count). The number of hydrogen-bond donors (Lipinski definition) is 0. The summed E-state index contributed by atoms with van der Waals surface area (Å²) in [5, 5.41) is 0. The van der Waals surface area contributed by atoms with Crippen LogP contribution in [0.1, 0.15) is 39.5 Å². The molecule has 7 heteroatoms. The number of amides is 1. The van der Waals surface area contributed by atoms with Gasteiger partial charge in [-0.3, -0.25) is 4.79 Å². The first kappa shape index (κ1) is 18.7. The van der Waals surface area contributed by atoms with Crippen LogP contribution in [-0.2, 0) is 19.6 Å². The van der Waals surface area contributed by atoms with Crippen molar-refractivity contribution in [2.45, 2.75) is 39.5 Å². The molecule has 0 aromatic heterocycles. The van der Waals surface area contributed by atoms with Crippen molar-refractivity contribution in [2.75, 3.05) is 45.6 Å². The number of carbonyl (C=O) groups is 1. The molecule has 2 aliphatic heterocycles. The van der Waals surface area contributed by atoms with E-state index in [0.29, 0.717) is 32.0 Å². The maximum absolute atomic E-state index is 12.4. The number of piperidine rings is 1. The lowest BCUT2D eigenvalue weighted by Crippen LogP contribution is -2.47. The molecule has 1 atom stereocenters. The molecule has 1 unspecified atom stereocenters. The highest BCUT2D eigenvalue weighted by molar-refractivity contribution is 7.89. The summed E-state index contributed by atoms with van der Waals surface area (Å²) >= 11 is 0. The van der Waals surface area contributed by atoms with Crippen LogP contribution in [0.5, 0.6) is 0 Å². The van der Waals surface area contributed by atoms with E-state index in [2.05, 4.69) is 0 Å². The van der Waals surface area contributed by atoms with Crippen LogP contribution in [0.15, 0.2) is 0 Å². The summed E-state index contributed by atoms with van der Waals surface area (Å²) in [7, 11) is -1.44. The second-order valence-electron chi connectivity index (χ2n) is 6.98. The number of likely N-dealkylation sites (tertiary alicyclic amines) is 1. The number of ether oxygens (including phenoxy) is 1. The highest BCUT2D eigenvalue weighted by Gasteiger charge is 2.49. The Morgan fingerprint density at radius 2 is 1.96 bits per heavy atom. The minimum atomic E-state index is -3.13. The molecule has 0 N–H and O–H groups in total. The molecule has 2 fully saturated rings. The molecule has 134 valence electrons. The van der Waals surface area contributed by atoms with Crippen LogP contribution in [-0.4, -0.2) is 69.2 Å². The van der Waals surface area contributed by atoms with Gasteiger partial charge in [-0.05, 0) is 24.7 Å². The van der Waals surface area contributed by atoms with Crippen LogP contribution < -0.4 is 0 Å². The fraction of sp³-hybridized carbons (Fsp3) is 0.938. The molecular weight excluding hydrogens is 316 g/mol. The number of methoxy groups -OCH3 is 1. The van der Waals surface area contributed by atoms with E-state index in [9.17, 15) is 13.2 Å². The Morgan fingerprint density at radius 3 is 2.48 bits per heavy atom. The van der Waals surface area contributed by atoms with E-state index in [4.69, 9.17) is 4.74 Å². The summed E-state index contributed by atoms with van der Waals surface area (Å²) in [4.78, 5) is 13.6. The minimum Gasteiger partial charge on any atom is -0.384 e. The number of nitrogens with zero attached hydrogens (tertiary/aromatic N) is 2. The van der Waals surface area contributed by atoms with Crippen molar-refractivity contribution >= 4 is 15.9 Å². The second kappa shape index (κ2) is 7.49. The molecule has 2 aliphatic rings. The zero-order valence-corrected chi connectivity index (χ0v) is 15.4. The average molecular weight is 346 g/mol. The fourth-order valence-electron chi connectivity index (χ4n) is 3.94. The first-order valence-electron chi connectivity index (χ1n) is 8.57. The first-order chi connectivity index (χ1) is 10.8. The quantitative estimate of drug-likeness (QED) is 0.727. The number of carbonyl (C=O) groups excluding carboxylic acids is 1. The highest BCUT2D eigenvalue weighted by atomic mass is 32.2. The molecule has 0 bridgehead atoms. The summed E-state index contributed by atoms with van der Waals surface area (Å²) in [6.07, 6.45) is 3.24. The third-order valence-electron chi connectivity index (χ3n) is 5.49. The van der Waals surface area contributed by atoms with Crippen LogP contribution in [0.3, 0.4) is 0 Å². The van der Waals surface area contributed by atoms with E-state index >= 15 is 0 Å². The van der Waals surface area contributed by atoms with Gasteiger partial charge in [0.2, 0.25) is 15.9 Å². The summed E-state index contributed by atoms with van der Waals surface area (Å²) in [5.41, 5.74) is 0.0124. The summed E-state index contributed by atoms with van der Waals surface area (Å²) in [6.45, 7) is 6.84. The Kier molecular flexibility index (Phi) is 6.08. The van der Waals surface area contributed by atoms with Gasteiger partial charge in [0.1, 0.15) is 0 Å². The van der Waals surface area contributed by atoms with Gasteiger partial charge in [0.05, 0.1) is 12.4 Å². The number of hydrogen-bond acceptors (Lipinski definition) is 4. The zero-order chi connectivity index (χ0) is 17.1. The van der Waals surface area contributed by atoms with E-state index in [-0.39, 0.29) is 17.1 Å². The third-order valence-corrected chi connectivity index (χ3v) is 7.45. The van der Waals surface area contributed by atoms with Crippen molar-refractivity contribution in [3.8, 4) is 0 Å². The molecule has 1 amide bonds. The number of rotatable bonds is 6. The molecule has 2 saturated heterocycles. The molecule has 2 heterocycles. The van der Waals surface area contributed by atoms with Crippen LogP contribution in [0.4, 0.5) is 0 Å². The van der Waals surface area contributed by atoms with Crippen LogP contribution in [0, 0.1) is 11.3 Å². The van der Waals surface area contributed by atoms with Gasteiger partial charge in [-0.2, -0.15) is 0 Å². The molecule has 0 aliphatic carbocycles. The van der Waals surface area contributed by atoms with Crippen molar-refractivity contribution < 1.29 is 17.9 Å². The van der Waals surface area contributed by atoms with E-state index in [0.717, 1.165) is 32.4 Å². The molecule has 0 saturated carbocycles. The monoisotopic (exact) mass is 346 g/mol. The lowest BCUT2D eigenvalue weighted by atomic mass is 9.71. The zero-order valence-electron chi connectivity index (χ0n) is 14.6.